The standard InChI is InChI=1S/C14H20N2O2/c1-9-4-10(2)13(11(3)5-9)8-16-7-12(6-15)18-14(16)17/h4-5,12H,6-8,15H2,1-3H3. The van der Waals surface area contributed by atoms with Gasteiger partial charge in [-0.05, 0) is 37.5 Å². The molecule has 4 nitrogen and oxygen atoms in total. The summed E-state index contributed by atoms with van der Waals surface area (Å²) in [6.07, 6.45) is -0.423. The van der Waals surface area contributed by atoms with Crippen molar-refractivity contribution in [2.45, 2.75) is 33.4 Å². The van der Waals surface area contributed by atoms with E-state index in [0.29, 0.717) is 19.6 Å². The minimum Gasteiger partial charge on any atom is -0.443 e. The summed E-state index contributed by atoms with van der Waals surface area (Å²) in [6, 6.07) is 4.29. The Kier molecular flexibility index (Phi) is 3.57. The summed E-state index contributed by atoms with van der Waals surface area (Å²) in [5, 5.41) is 0. The molecular weight excluding hydrogens is 228 g/mol. The third-order valence-electron chi connectivity index (χ3n) is 3.40. The first-order valence-corrected chi connectivity index (χ1v) is 6.23. The van der Waals surface area contributed by atoms with Crippen molar-refractivity contribution in [1.29, 1.82) is 0 Å². The molecule has 1 amide bonds. The van der Waals surface area contributed by atoms with Crippen LogP contribution in [0.15, 0.2) is 12.1 Å². The molecule has 18 heavy (non-hydrogen) atoms. The van der Waals surface area contributed by atoms with Crippen molar-refractivity contribution in [3.63, 3.8) is 0 Å². The van der Waals surface area contributed by atoms with Gasteiger partial charge in [-0.2, -0.15) is 0 Å². The van der Waals surface area contributed by atoms with Crippen molar-refractivity contribution in [3.8, 4) is 0 Å². The van der Waals surface area contributed by atoms with E-state index in [1.54, 1.807) is 4.90 Å². The van der Waals surface area contributed by atoms with Gasteiger partial charge in [0.1, 0.15) is 6.10 Å². The maximum absolute atomic E-state index is 11.7. The SMILES string of the molecule is Cc1cc(C)c(CN2CC(CN)OC2=O)c(C)c1. The number of benzene rings is 1. The lowest BCUT2D eigenvalue weighted by atomic mass is 9.99. The van der Waals surface area contributed by atoms with Crippen LogP contribution in [0.2, 0.25) is 0 Å². The van der Waals surface area contributed by atoms with Crippen LogP contribution in [0.4, 0.5) is 4.79 Å². The van der Waals surface area contributed by atoms with Crippen LogP contribution in [0.25, 0.3) is 0 Å². The molecule has 1 unspecified atom stereocenters. The Labute approximate surface area is 108 Å². The van der Waals surface area contributed by atoms with Gasteiger partial charge in [0.05, 0.1) is 6.54 Å². The summed E-state index contributed by atoms with van der Waals surface area (Å²) in [5.41, 5.74) is 10.4. The number of carbonyl (C=O) groups is 1. The number of amides is 1. The molecule has 0 aliphatic carbocycles. The smallest absolute Gasteiger partial charge is 0.410 e. The topological polar surface area (TPSA) is 55.6 Å². The van der Waals surface area contributed by atoms with E-state index in [9.17, 15) is 4.79 Å². The summed E-state index contributed by atoms with van der Waals surface area (Å²) in [6.45, 7) is 7.82. The first kappa shape index (κ1) is 12.9. The molecule has 0 bridgehead atoms. The Hall–Kier alpha value is -1.55. The summed E-state index contributed by atoms with van der Waals surface area (Å²) < 4.78 is 5.16. The molecule has 98 valence electrons. The third kappa shape index (κ3) is 2.48. The van der Waals surface area contributed by atoms with Crippen LogP contribution >= 0.6 is 0 Å². The summed E-state index contributed by atoms with van der Waals surface area (Å²) in [5.74, 6) is 0. The number of carbonyl (C=O) groups excluding carboxylic acids is 1. The molecule has 1 aliphatic rings. The number of rotatable bonds is 3. The van der Waals surface area contributed by atoms with E-state index in [2.05, 4.69) is 32.9 Å². The van der Waals surface area contributed by atoms with Gasteiger partial charge in [-0.25, -0.2) is 4.79 Å². The summed E-state index contributed by atoms with van der Waals surface area (Å²) in [4.78, 5) is 13.4. The fourth-order valence-electron chi connectivity index (χ4n) is 2.48. The molecule has 0 radical (unpaired) electrons. The Morgan fingerprint density at radius 2 is 1.94 bits per heavy atom. The van der Waals surface area contributed by atoms with Crippen molar-refractivity contribution in [1.82, 2.24) is 4.90 Å². The number of nitrogens with zero attached hydrogens (tertiary/aromatic N) is 1. The maximum atomic E-state index is 11.7. The molecule has 1 fully saturated rings. The van der Waals surface area contributed by atoms with Gasteiger partial charge in [0.15, 0.2) is 0 Å². The van der Waals surface area contributed by atoms with Gasteiger partial charge in [0.2, 0.25) is 0 Å². The fraction of sp³-hybridized carbons (Fsp3) is 0.500. The highest BCUT2D eigenvalue weighted by molar-refractivity contribution is 5.70. The van der Waals surface area contributed by atoms with E-state index in [1.807, 2.05) is 0 Å². The molecule has 2 N–H and O–H groups in total. The monoisotopic (exact) mass is 248 g/mol. The number of ether oxygens (including phenoxy) is 1. The lowest BCUT2D eigenvalue weighted by Gasteiger charge is -2.17. The largest absolute Gasteiger partial charge is 0.443 e. The Morgan fingerprint density at radius 1 is 1.33 bits per heavy atom. The molecule has 1 aromatic rings. The van der Waals surface area contributed by atoms with Crippen LogP contribution in [0.1, 0.15) is 22.3 Å². The Balaban J connectivity index is 2.17. The molecule has 1 heterocycles. The van der Waals surface area contributed by atoms with Gasteiger partial charge in [-0.1, -0.05) is 17.7 Å². The molecule has 2 rings (SSSR count). The molecule has 1 saturated heterocycles. The van der Waals surface area contributed by atoms with E-state index in [4.69, 9.17) is 10.5 Å². The average Bonchev–Trinajstić information content (AvgIpc) is 2.64. The van der Waals surface area contributed by atoms with Crippen molar-refractivity contribution < 1.29 is 9.53 Å². The zero-order valence-corrected chi connectivity index (χ0v) is 11.2. The second-order valence-electron chi connectivity index (χ2n) is 5.00. The van der Waals surface area contributed by atoms with Gasteiger partial charge in [0.25, 0.3) is 0 Å². The van der Waals surface area contributed by atoms with Crippen LogP contribution in [-0.2, 0) is 11.3 Å². The highest BCUT2D eigenvalue weighted by Crippen LogP contribution is 2.21. The van der Waals surface area contributed by atoms with Gasteiger partial charge in [-0.3, -0.25) is 0 Å². The fourth-order valence-corrected chi connectivity index (χ4v) is 2.48. The number of aryl methyl sites for hydroxylation is 3. The second-order valence-corrected chi connectivity index (χ2v) is 5.00. The van der Waals surface area contributed by atoms with Gasteiger partial charge < -0.3 is 15.4 Å². The molecule has 1 aromatic carbocycles. The van der Waals surface area contributed by atoms with Crippen LogP contribution < -0.4 is 5.73 Å². The van der Waals surface area contributed by atoms with Gasteiger partial charge in [-0.15, -0.1) is 0 Å². The minimum absolute atomic E-state index is 0.163. The Morgan fingerprint density at radius 3 is 2.44 bits per heavy atom. The maximum Gasteiger partial charge on any atom is 0.410 e. The molecule has 4 heteroatoms. The second kappa shape index (κ2) is 4.98. The van der Waals surface area contributed by atoms with E-state index in [0.717, 1.165) is 0 Å². The number of hydrogen-bond donors (Lipinski definition) is 1. The number of nitrogens with two attached hydrogens (primary N) is 1. The third-order valence-corrected chi connectivity index (χ3v) is 3.40. The Bertz CT molecular complexity index is 448. The number of cyclic esters (lactones) is 1. The highest BCUT2D eigenvalue weighted by atomic mass is 16.6. The van der Waals surface area contributed by atoms with Crippen molar-refractivity contribution >= 4 is 6.09 Å². The van der Waals surface area contributed by atoms with E-state index in [1.165, 1.54) is 22.3 Å². The first-order chi connectivity index (χ1) is 8.51. The van der Waals surface area contributed by atoms with Crippen LogP contribution in [0, 0.1) is 20.8 Å². The van der Waals surface area contributed by atoms with Crippen molar-refractivity contribution in [3.05, 3.63) is 34.4 Å². The van der Waals surface area contributed by atoms with Crippen LogP contribution in [-0.4, -0.2) is 30.2 Å². The first-order valence-electron chi connectivity index (χ1n) is 6.23. The minimum atomic E-state index is -0.259. The van der Waals surface area contributed by atoms with Crippen molar-refractivity contribution in [2.75, 3.05) is 13.1 Å². The van der Waals surface area contributed by atoms with Crippen LogP contribution in [0.5, 0.6) is 0 Å². The normalized spacial score (nSPS) is 19.2. The molecular formula is C14H20N2O2. The lowest BCUT2D eigenvalue weighted by molar-refractivity contribution is 0.134. The highest BCUT2D eigenvalue weighted by Gasteiger charge is 2.30. The van der Waals surface area contributed by atoms with Crippen LogP contribution in [0.3, 0.4) is 0 Å². The van der Waals surface area contributed by atoms with E-state index in [-0.39, 0.29) is 12.2 Å². The predicted octanol–water partition coefficient (Wildman–Crippen LogP) is 1.89. The van der Waals surface area contributed by atoms with Gasteiger partial charge >= 0.3 is 6.09 Å². The van der Waals surface area contributed by atoms with Gasteiger partial charge in [0, 0.05) is 13.1 Å². The predicted molar refractivity (Wildman–Crippen MR) is 70.4 cm³/mol. The molecule has 0 aromatic heterocycles. The zero-order valence-electron chi connectivity index (χ0n) is 11.2. The average molecular weight is 248 g/mol. The summed E-state index contributed by atoms with van der Waals surface area (Å²) in [7, 11) is 0. The zero-order chi connectivity index (χ0) is 13.3. The van der Waals surface area contributed by atoms with Crippen molar-refractivity contribution in [2.24, 2.45) is 5.73 Å². The van der Waals surface area contributed by atoms with E-state index < -0.39 is 0 Å². The van der Waals surface area contributed by atoms with E-state index >= 15 is 0 Å². The molecule has 0 spiro atoms. The quantitative estimate of drug-likeness (QED) is 0.888. The lowest BCUT2D eigenvalue weighted by Crippen LogP contribution is -2.27. The molecule has 1 aliphatic heterocycles. The number of hydrogen-bond acceptors (Lipinski definition) is 3. The molecule has 0 saturated carbocycles. The summed E-state index contributed by atoms with van der Waals surface area (Å²) >= 11 is 0. The molecule has 1 atom stereocenters.